The lowest BCUT2D eigenvalue weighted by molar-refractivity contribution is -0.310. The van der Waals surface area contributed by atoms with E-state index in [-0.39, 0.29) is 6.61 Å². The minimum atomic E-state index is -1.24. The van der Waals surface area contributed by atoms with Crippen molar-refractivity contribution in [2.75, 3.05) is 6.54 Å². The Labute approximate surface area is 150 Å². The quantitative estimate of drug-likeness (QED) is 0.773. The predicted molar refractivity (Wildman–Crippen MR) is 92.0 cm³/mol. The smallest absolute Gasteiger partial charge is 0.410 e. The van der Waals surface area contributed by atoms with Crippen LogP contribution < -0.4 is 5.11 Å². The van der Waals surface area contributed by atoms with E-state index < -0.39 is 18.1 Å². The van der Waals surface area contributed by atoms with Crippen molar-refractivity contribution in [2.45, 2.75) is 25.5 Å². The summed E-state index contributed by atoms with van der Waals surface area (Å²) in [5, 5.41) is 19.3. The summed E-state index contributed by atoms with van der Waals surface area (Å²) < 4.78 is 5.20. The molecule has 1 aliphatic heterocycles. The van der Waals surface area contributed by atoms with E-state index in [0.717, 1.165) is 11.3 Å². The zero-order valence-electron chi connectivity index (χ0n) is 14.1. The van der Waals surface area contributed by atoms with Crippen LogP contribution >= 0.6 is 0 Å². The first-order valence-electron chi connectivity index (χ1n) is 8.33. The van der Waals surface area contributed by atoms with Gasteiger partial charge in [-0.15, -0.1) is 0 Å². The van der Waals surface area contributed by atoms with Crippen molar-refractivity contribution in [3.63, 3.8) is 0 Å². The second kappa shape index (κ2) is 8.24. The summed E-state index contributed by atoms with van der Waals surface area (Å²) >= 11 is 0. The molecule has 1 atom stereocenters. The van der Waals surface area contributed by atoms with E-state index >= 15 is 0 Å². The second-order valence-electron chi connectivity index (χ2n) is 5.93. The van der Waals surface area contributed by atoms with Gasteiger partial charge < -0.3 is 14.6 Å². The van der Waals surface area contributed by atoms with E-state index in [1.807, 2.05) is 30.3 Å². The molecule has 3 rings (SSSR count). The minimum Gasteiger partial charge on any atom is -0.548 e. The van der Waals surface area contributed by atoms with E-state index in [9.17, 15) is 14.7 Å². The molecule has 0 spiro atoms. The Bertz CT molecular complexity index is 790. The lowest BCUT2D eigenvalue weighted by Crippen LogP contribution is -2.47. The van der Waals surface area contributed by atoms with Gasteiger partial charge in [0.1, 0.15) is 6.61 Å². The van der Waals surface area contributed by atoms with Crippen molar-refractivity contribution in [2.24, 2.45) is 10.2 Å². The van der Waals surface area contributed by atoms with Crippen LogP contribution in [-0.2, 0) is 16.1 Å². The Balaban J connectivity index is 1.54. The van der Waals surface area contributed by atoms with E-state index in [0.29, 0.717) is 25.1 Å². The molecule has 1 saturated heterocycles. The highest BCUT2D eigenvalue weighted by atomic mass is 16.6. The summed E-state index contributed by atoms with van der Waals surface area (Å²) in [6.07, 6.45) is 0.400. The van der Waals surface area contributed by atoms with Crippen LogP contribution in [-0.4, -0.2) is 29.5 Å². The van der Waals surface area contributed by atoms with Crippen molar-refractivity contribution in [1.82, 2.24) is 4.90 Å². The predicted octanol–water partition coefficient (Wildman–Crippen LogP) is 2.95. The highest BCUT2D eigenvalue weighted by Crippen LogP contribution is 2.20. The summed E-state index contributed by atoms with van der Waals surface area (Å²) in [5.74, 6) is -1.24. The third-order valence-electron chi connectivity index (χ3n) is 4.10. The highest BCUT2D eigenvalue weighted by molar-refractivity contribution is 5.79. The van der Waals surface area contributed by atoms with Gasteiger partial charge in [0.2, 0.25) is 0 Å². The normalized spacial score (nSPS) is 16.8. The number of rotatable bonds is 5. The summed E-state index contributed by atoms with van der Waals surface area (Å²) in [6.45, 7) is 0.432. The second-order valence-corrected chi connectivity index (χ2v) is 5.93. The molecule has 2 aromatic carbocycles. The average Bonchev–Trinajstić information content (AvgIpc) is 3.16. The maximum atomic E-state index is 12.0. The van der Waals surface area contributed by atoms with Crippen molar-refractivity contribution in [3.05, 3.63) is 60.2 Å². The van der Waals surface area contributed by atoms with Crippen molar-refractivity contribution in [1.29, 1.82) is 0 Å². The fourth-order valence-corrected chi connectivity index (χ4v) is 2.73. The number of aliphatic carboxylic acids is 1. The first kappa shape index (κ1) is 17.6. The number of likely N-dealkylation sites (tertiary alicyclic amines) is 1. The molecule has 134 valence electrons. The number of amides is 1. The molecule has 0 aromatic heterocycles. The molecular weight excluding hydrogens is 334 g/mol. The SMILES string of the molecule is O=C([O-])[C@@H]1CCCN1C(=O)OCc1ccc(N=Nc2ccccc2)cc1. The molecule has 7 heteroatoms. The van der Waals surface area contributed by atoms with Gasteiger partial charge in [-0.2, -0.15) is 10.2 Å². The molecule has 7 nitrogen and oxygen atoms in total. The van der Waals surface area contributed by atoms with Gasteiger partial charge in [0, 0.05) is 6.54 Å². The topological polar surface area (TPSA) is 94.4 Å². The lowest BCUT2D eigenvalue weighted by Gasteiger charge is -2.24. The molecule has 1 aliphatic rings. The van der Waals surface area contributed by atoms with Crippen molar-refractivity contribution in [3.8, 4) is 0 Å². The molecule has 0 aliphatic carbocycles. The van der Waals surface area contributed by atoms with E-state index in [1.54, 1.807) is 24.3 Å². The summed E-state index contributed by atoms with van der Waals surface area (Å²) in [4.78, 5) is 24.3. The van der Waals surface area contributed by atoms with Crippen LogP contribution in [0.1, 0.15) is 18.4 Å². The molecule has 0 saturated carbocycles. The van der Waals surface area contributed by atoms with Gasteiger partial charge in [0.05, 0.1) is 23.4 Å². The molecule has 0 radical (unpaired) electrons. The monoisotopic (exact) mass is 352 g/mol. The van der Waals surface area contributed by atoms with Gasteiger partial charge in [-0.05, 0) is 42.7 Å². The van der Waals surface area contributed by atoms with Gasteiger partial charge in [-0.1, -0.05) is 30.3 Å². The van der Waals surface area contributed by atoms with Crippen LogP contribution in [0.3, 0.4) is 0 Å². The van der Waals surface area contributed by atoms with Crippen LogP contribution in [0.15, 0.2) is 64.8 Å². The largest absolute Gasteiger partial charge is 0.548 e. The van der Waals surface area contributed by atoms with Gasteiger partial charge >= 0.3 is 6.09 Å². The fourth-order valence-electron chi connectivity index (χ4n) is 2.73. The van der Waals surface area contributed by atoms with Crippen LogP contribution in [0.25, 0.3) is 0 Å². The third kappa shape index (κ3) is 4.44. The Morgan fingerprint density at radius 1 is 1.04 bits per heavy atom. The maximum absolute atomic E-state index is 12.0. The summed E-state index contributed by atoms with van der Waals surface area (Å²) in [5.41, 5.74) is 2.22. The number of azo groups is 1. The van der Waals surface area contributed by atoms with Crippen LogP contribution in [0.2, 0.25) is 0 Å². The van der Waals surface area contributed by atoms with Gasteiger partial charge in [0.25, 0.3) is 0 Å². The number of hydrogen-bond acceptors (Lipinski definition) is 6. The Hall–Kier alpha value is -3.22. The summed E-state index contributed by atoms with van der Waals surface area (Å²) in [6, 6.07) is 15.6. The van der Waals surface area contributed by atoms with Crippen LogP contribution in [0.5, 0.6) is 0 Å². The maximum Gasteiger partial charge on any atom is 0.410 e. The fraction of sp³-hybridized carbons (Fsp3) is 0.263. The summed E-state index contributed by atoms with van der Waals surface area (Å²) in [7, 11) is 0. The van der Waals surface area contributed by atoms with Gasteiger partial charge in [-0.25, -0.2) is 4.79 Å². The zero-order valence-corrected chi connectivity index (χ0v) is 14.1. The Kier molecular flexibility index (Phi) is 5.58. The van der Waals surface area contributed by atoms with Crippen molar-refractivity contribution < 1.29 is 19.4 Å². The molecule has 0 bridgehead atoms. The highest BCUT2D eigenvalue weighted by Gasteiger charge is 2.30. The molecule has 26 heavy (non-hydrogen) atoms. The third-order valence-corrected chi connectivity index (χ3v) is 4.10. The van der Waals surface area contributed by atoms with E-state index in [1.165, 1.54) is 4.90 Å². The number of nitrogens with zero attached hydrogens (tertiary/aromatic N) is 3. The molecule has 1 fully saturated rings. The van der Waals surface area contributed by atoms with Gasteiger partial charge in [0.15, 0.2) is 0 Å². The molecule has 0 unspecified atom stereocenters. The average molecular weight is 352 g/mol. The molecule has 0 N–H and O–H groups in total. The number of carbonyl (C=O) groups excluding carboxylic acids is 2. The van der Waals surface area contributed by atoms with Crippen LogP contribution in [0.4, 0.5) is 16.2 Å². The van der Waals surface area contributed by atoms with Crippen molar-refractivity contribution >= 4 is 23.4 Å². The number of carboxylic acids is 1. The number of benzene rings is 2. The standard InChI is InChI=1S/C19H19N3O4/c23-18(24)17-7-4-12-22(17)19(25)26-13-14-8-10-16(11-9-14)21-20-15-5-2-1-3-6-15/h1-3,5-6,8-11,17H,4,7,12-13H2,(H,23,24)/p-1/t17-/m0/s1. The van der Waals surface area contributed by atoms with Crippen LogP contribution in [0, 0.1) is 0 Å². The number of carbonyl (C=O) groups is 2. The Morgan fingerprint density at radius 2 is 1.69 bits per heavy atom. The molecular formula is C19H18N3O4-. The first-order valence-corrected chi connectivity index (χ1v) is 8.33. The number of hydrogen-bond donors (Lipinski definition) is 0. The number of ether oxygens (including phenoxy) is 1. The molecule has 1 heterocycles. The van der Waals surface area contributed by atoms with E-state index in [2.05, 4.69) is 10.2 Å². The number of carboxylic acid groups (broad SMARTS) is 1. The Morgan fingerprint density at radius 3 is 2.35 bits per heavy atom. The van der Waals surface area contributed by atoms with Gasteiger partial charge in [-0.3, -0.25) is 4.90 Å². The zero-order chi connectivity index (χ0) is 18.4. The minimum absolute atomic E-state index is 0.0607. The first-order chi connectivity index (χ1) is 12.6. The van der Waals surface area contributed by atoms with E-state index in [4.69, 9.17) is 4.74 Å². The lowest BCUT2D eigenvalue weighted by atomic mass is 10.2. The molecule has 2 aromatic rings. The molecule has 1 amide bonds.